The summed E-state index contributed by atoms with van der Waals surface area (Å²) in [5.74, 6) is -0.545. The van der Waals surface area contributed by atoms with Crippen molar-refractivity contribution in [3.8, 4) is 0 Å². The number of hydrogen-bond donors (Lipinski definition) is 1. The minimum Gasteiger partial charge on any atom is -0.756 e. The molecule has 0 aromatic rings. The number of ether oxygens (including phenoxy) is 1. The van der Waals surface area contributed by atoms with Crippen LogP contribution in [0.3, 0.4) is 0 Å². The number of nitrogens with one attached hydrogen (secondary N) is 1. The Hall–Kier alpha value is -2.03. The molecule has 73 heavy (non-hydrogen) atoms. The van der Waals surface area contributed by atoms with E-state index < -0.39 is 26.6 Å². The Morgan fingerprint density at radius 3 is 1.27 bits per heavy atom. The maximum absolute atomic E-state index is 13.5. The van der Waals surface area contributed by atoms with Gasteiger partial charge in [-0.3, -0.25) is 14.2 Å². The van der Waals surface area contributed by atoms with Gasteiger partial charge in [-0.1, -0.05) is 256 Å². The number of phosphoric acid groups is 1. The summed E-state index contributed by atoms with van der Waals surface area (Å²) in [4.78, 5) is 40.0. The van der Waals surface area contributed by atoms with Gasteiger partial charge in [0.05, 0.1) is 33.8 Å². The maximum atomic E-state index is 13.5. The monoisotopic (exact) mass is 1050 g/mol. The lowest BCUT2D eigenvalue weighted by Gasteiger charge is -2.30. The summed E-state index contributed by atoms with van der Waals surface area (Å²) in [5.41, 5.74) is 0. The standard InChI is InChI=1S/C63H119N2O7P/c1-7-10-13-16-19-22-25-28-30-31-32-33-35-37-40-43-46-49-52-55-62(66)64-60(59-71-73(68,69)70-58-57-65(4,5)6)61(54-51-48-45-42-39-36-27-24-21-18-15-12-9-3)72-63(67)56-53-50-47-44-41-38-34-29-26-23-20-17-14-11-8-2/h19,22,28,30,32-33,51,54,60-61H,7-18,20-21,23-27,29,31,34-50,52-53,55-59H2,1-6H3,(H-,64,66,68,69)/b22-19-,30-28-,33-32-,54-51+. The van der Waals surface area contributed by atoms with Crippen molar-refractivity contribution in [1.29, 1.82) is 0 Å². The lowest BCUT2D eigenvalue weighted by atomic mass is 10.0. The molecule has 0 saturated carbocycles. The molecule has 0 spiro atoms. The molecule has 1 N–H and O–H groups in total. The number of carbonyl (C=O) groups is 2. The van der Waals surface area contributed by atoms with Gasteiger partial charge in [-0.15, -0.1) is 0 Å². The Morgan fingerprint density at radius 2 is 0.836 bits per heavy atom. The highest BCUT2D eigenvalue weighted by molar-refractivity contribution is 7.45. The summed E-state index contributed by atoms with van der Waals surface area (Å²) < 4.78 is 30.3. The molecule has 10 heteroatoms. The molecule has 0 aromatic carbocycles. The second-order valence-electron chi connectivity index (χ2n) is 22.2. The van der Waals surface area contributed by atoms with E-state index in [2.05, 4.69) is 62.5 Å². The molecule has 9 nitrogen and oxygen atoms in total. The van der Waals surface area contributed by atoms with E-state index in [1.54, 1.807) is 0 Å². The molecule has 3 unspecified atom stereocenters. The predicted octanol–water partition coefficient (Wildman–Crippen LogP) is 18.3. The normalized spacial score (nSPS) is 14.0. The number of hydrogen-bond acceptors (Lipinski definition) is 7. The molecule has 0 radical (unpaired) electrons. The molecule has 0 aliphatic heterocycles. The lowest BCUT2D eigenvalue weighted by Crippen LogP contribution is -2.47. The highest BCUT2D eigenvalue weighted by Gasteiger charge is 2.27. The van der Waals surface area contributed by atoms with Gasteiger partial charge in [-0.25, -0.2) is 0 Å². The number of likely N-dealkylation sites (N-methyl/N-ethyl adjacent to an activating group) is 1. The van der Waals surface area contributed by atoms with E-state index in [0.717, 1.165) is 89.9 Å². The molecule has 428 valence electrons. The van der Waals surface area contributed by atoms with Crippen LogP contribution in [0, 0.1) is 0 Å². The highest BCUT2D eigenvalue weighted by Crippen LogP contribution is 2.38. The fraction of sp³-hybridized carbons (Fsp3) is 0.841. The summed E-state index contributed by atoms with van der Waals surface area (Å²) >= 11 is 0. The van der Waals surface area contributed by atoms with Crippen molar-refractivity contribution in [2.45, 2.75) is 303 Å². The molecular formula is C63H119N2O7P. The molecule has 1 amide bonds. The zero-order valence-electron chi connectivity index (χ0n) is 48.8. The van der Waals surface area contributed by atoms with E-state index in [4.69, 9.17) is 13.8 Å². The summed E-state index contributed by atoms with van der Waals surface area (Å²) in [6.45, 7) is 6.83. The molecule has 0 bridgehead atoms. The Morgan fingerprint density at radius 1 is 0.479 bits per heavy atom. The van der Waals surface area contributed by atoms with Crippen LogP contribution >= 0.6 is 7.82 Å². The van der Waals surface area contributed by atoms with Crippen LogP contribution in [-0.2, 0) is 27.9 Å². The zero-order chi connectivity index (χ0) is 53.6. The number of unbranched alkanes of at least 4 members (excludes halogenated alkanes) is 34. The van der Waals surface area contributed by atoms with Crippen molar-refractivity contribution in [2.75, 3.05) is 40.9 Å². The maximum Gasteiger partial charge on any atom is 0.306 e. The van der Waals surface area contributed by atoms with Crippen LogP contribution in [0.15, 0.2) is 48.6 Å². The second-order valence-corrected chi connectivity index (χ2v) is 23.6. The fourth-order valence-corrected chi connectivity index (χ4v) is 9.66. The van der Waals surface area contributed by atoms with E-state index in [9.17, 15) is 19.0 Å². The van der Waals surface area contributed by atoms with Crippen LogP contribution in [0.1, 0.15) is 290 Å². The van der Waals surface area contributed by atoms with Crippen molar-refractivity contribution in [1.82, 2.24) is 5.32 Å². The van der Waals surface area contributed by atoms with Crippen LogP contribution < -0.4 is 10.2 Å². The van der Waals surface area contributed by atoms with E-state index >= 15 is 0 Å². The van der Waals surface area contributed by atoms with Gasteiger partial charge in [0.15, 0.2) is 0 Å². The number of phosphoric ester groups is 1. The van der Waals surface area contributed by atoms with Crippen molar-refractivity contribution < 1.29 is 37.3 Å². The zero-order valence-corrected chi connectivity index (χ0v) is 49.7. The van der Waals surface area contributed by atoms with Gasteiger partial charge in [0, 0.05) is 12.8 Å². The largest absolute Gasteiger partial charge is 0.756 e. The Bertz CT molecular complexity index is 1390. The van der Waals surface area contributed by atoms with Crippen LogP contribution in [0.2, 0.25) is 0 Å². The number of carbonyl (C=O) groups excluding carboxylic acids is 2. The van der Waals surface area contributed by atoms with Crippen LogP contribution in [0.25, 0.3) is 0 Å². The summed E-state index contributed by atoms with van der Waals surface area (Å²) in [5, 5.41) is 3.03. The summed E-state index contributed by atoms with van der Waals surface area (Å²) in [7, 11) is 1.18. The first-order chi connectivity index (χ1) is 35.4. The SMILES string of the molecule is CCCCC/C=C\C/C=C\C/C=C\CCCCCCCCC(=O)NC(COP(=O)([O-])OCC[N+](C)(C)C)C(/C=C/CCCCCCCCCCCCC)OC(=O)CCCCCCCCCCCCCCCCC. The molecule has 0 aliphatic rings. The molecule has 0 saturated heterocycles. The first-order valence-corrected chi connectivity index (χ1v) is 32.4. The smallest absolute Gasteiger partial charge is 0.306 e. The van der Waals surface area contributed by atoms with Crippen molar-refractivity contribution in [3.63, 3.8) is 0 Å². The van der Waals surface area contributed by atoms with Gasteiger partial charge in [0.25, 0.3) is 7.82 Å². The molecular weight excluding hydrogens is 928 g/mol. The Balaban J connectivity index is 5.31. The predicted molar refractivity (Wildman–Crippen MR) is 312 cm³/mol. The number of rotatable bonds is 56. The first-order valence-electron chi connectivity index (χ1n) is 30.9. The molecule has 0 aromatic heterocycles. The lowest BCUT2D eigenvalue weighted by molar-refractivity contribution is -0.870. The fourth-order valence-electron chi connectivity index (χ4n) is 8.94. The van der Waals surface area contributed by atoms with E-state index in [-0.39, 0.29) is 24.9 Å². The van der Waals surface area contributed by atoms with E-state index in [1.165, 1.54) is 167 Å². The van der Waals surface area contributed by atoms with Gasteiger partial charge >= 0.3 is 5.97 Å². The van der Waals surface area contributed by atoms with Crippen molar-refractivity contribution in [2.24, 2.45) is 0 Å². The number of nitrogens with zero attached hydrogens (tertiary/aromatic N) is 1. The average Bonchev–Trinajstić information content (AvgIpc) is 3.35. The molecule has 0 rings (SSSR count). The highest BCUT2D eigenvalue weighted by atomic mass is 31.2. The minimum absolute atomic E-state index is 0.0241. The van der Waals surface area contributed by atoms with Crippen LogP contribution in [-0.4, -0.2) is 69.4 Å². The van der Waals surface area contributed by atoms with Gasteiger partial charge in [0.2, 0.25) is 5.91 Å². The van der Waals surface area contributed by atoms with Crippen molar-refractivity contribution >= 4 is 19.7 Å². The number of quaternary nitrogens is 1. The third-order valence-corrected chi connectivity index (χ3v) is 14.7. The van der Waals surface area contributed by atoms with Gasteiger partial charge < -0.3 is 28.5 Å². The number of allylic oxidation sites excluding steroid dienone is 7. The van der Waals surface area contributed by atoms with Crippen molar-refractivity contribution in [3.05, 3.63) is 48.6 Å². The van der Waals surface area contributed by atoms with E-state index in [0.29, 0.717) is 17.4 Å². The number of esters is 1. The third-order valence-electron chi connectivity index (χ3n) is 13.8. The van der Waals surface area contributed by atoms with Gasteiger partial charge in [-0.2, -0.15) is 0 Å². The quantitative estimate of drug-likeness (QED) is 0.0212. The number of amides is 1. The minimum atomic E-state index is -4.70. The molecule has 0 fully saturated rings. The second kappa shape index (κ2) is 53.4. The molecule has 0 aliphatic carbocycles. The van der Waals surface area contributed by atoms with Gasteiger partial charge in [0.1, 0.15) is 19.3 Å². The Kier molecular flexibility index (Phi) is 51.9. The third kappa shape index (κ3) is 54.6. The summed E-state index contributed by atoms with van der Waals surface area (Å²) in [6, 6.07) is -0.893. The van der Waals surface area contributed by atoms with Crippen LogP contribution in [0.4, 0.5) is 0 Å². The average molecular weight is 1050 g/mol. The van der Waals surface area contributed by atoms with Gasteiger partial charge in [-0.05, 0) is 70.3 Å². The Labute approximate surface area is 452 Å². The first kappa shape index (κ1) is 71.0. The summed E-state index contributed by atoms with van der Waals surface area (Å²) in [6.07, 6.45) is 64.9. The topological polar surface area (TPSA) is 114 Å². The van der Waals surface area contributed by atoms with E-state index in [1.807, 2.05) is 33.3 Å². The molecule has 0 heterocycles. The molecule has 3 atom stereocenters. The van der Waals surface area contributed by atoms with Crippen LogP contribution in [0.5, 0.6) is 0 Å².